The lowest BCUT2D eigenvalue weighted by Crippen LogP contribution is -2.50. The van der Waals surface area contributed by atoms with Crippen molar-refractivity contribution in [3.8, 4) is 17.6 Å². The normalized spacial score (nSPS) is 13.6. The lowest BCUT2D eigenvalue weighted by atomic mass is 10.0. The number of carbonyl (C=O) groups is 1. The van der Waals surface area contributed by atoms with Crippen molar-refractivity contribution >= 4 is 51.1 Å². The van der Waals surface area contributed by atoms with Crippen LogP contribution < -0.4 is 15.4 Å². The first-order valence-electron chi connectivity index (χ1n) is 9.21. The van der Waals surface area contributed by atoms with Crippen molar-refractivity contribution in [2.24, 2.45) is 0 Å². The van der Waals surface area contributed by atoms with Crippen molar-refractivity contribution in [1.29, 1.82) is 5.26 Å². The summed E-state index contributed by atoms with van der Waals surface area (Å²) in [5, 5.41) is 23.0. The number of halogens is 8. The van der Waals surface area contributed by atoms with Crippen molar-refractivity contribution in [2.45, 2.75) is 31.0 Å². The average Bonchev–Trinajstić information content (AvgIpc) is 2.71. The highest BCUT2D eigenvalue weighted by atomic mass is 127. The van der Waals surface area contributed by atoms with E-state index in [0.29, 0.717) is 12.7 Å². The number of nitrogens with one attached hydrogen (secondary N) is 2. The molecule has 0 saturated carbocycles. The first-order chi connectivity index (χ1) is 15.7. The Hall–Kier alpha value is -2.00. The fourth-order valence-electron chi connectivity index (χ4n) is 2.89. The molecule has 0 spiro atoms. The van der Waals surface area contributed by atoms with Crippen LogP contribution >= 0.6 is 45.2 Å². The first-order valence-corrected chi connectivity index (χ1v) is 11.4. The quantitative estimate of drug-likeness (QED) is 0.205. The van der Waals surface area contributed by atoms with Gasteiger partial charge in [0.2, 0.25) is 5.91 Å². The Labute approximate surface area is 216 Å². The SMILES string of the molecule is N#CCNC(=O)[C@H](Cc1cc(I)c(O)c(I)c1)N[C@@H](c1ccc(OC(F)(F)F)cc1)C(F)(F)F. The van der Waals surface area contributed by atoms with E-state index in [-0.39, 0.29) is 12.2 Å². The third kappa shape index (κ3) is 8.34. The second-order valence-corrected chi connectivity index (χ2v) is 9.12. The lowest BCUT2D eigenvalue weighted by molar-refractivity contribution is -0.274. The molecule has 2 aromatic rings. The van der Waals surface area contributed by atoms with E-state index < -0.39 is 48.4 Å². The Bertz CT molecular complexity index is 1030. The van der Waals surface area contributed by atoms with Crippen LogP contribution in [0.3, 0.4) is 0 Å². The van der Waals surface area contributed by atoms with E-state index in [1.165, 1.54) is 12.1 Å². The van der Waals surface area contributed by atoms with Gasteiger partial charge in [-0.2, -0.15) is 18.4 Å². The molecule has 14 heteroatoms. The van der Waals surface area contributed by atoms with Gasteiger partial charge >= 0.3 is 12.5 Å². The third-order valence-electron chi connectivity index (χ3n) is 4.32. The molecular weight excluding hydrogens is 698 g/mol. The summed E-state index contributed by atoms with van der Waals surface area (Å²) in [5.41, 5.74) is -0.0129. The Morgan fingerprint density at radius 1 is 1.09 bits per heavy atom. The zero-order valence-electron chi connectivity index (χ0n) is 16.8. The highest BCUT2D eigenvalue weighted by Gasteiger charge is 2.43. The summed E-state index contributed by atoms with van der Waals surface area (Å²) < 4.78 is 83.2. The maximum absolute atomic E-state index is 13.9. The summed E-state index contributed by atoms with van der Waals surface area (Å²) in [6.07, 6.45) is -10.2. The lowest BCUT2D eigenvalue weighted by Gasteiger charge is -2.27. The molecule has 0 aliphatic heterocycles. The van der Waals surface area contributed by atoms with E-state index in [2.05, 4.69) is 15.4 Å². The summed E-state index contributed by atoms with van der Waals surface area (Å²) in [5.74, 6) is -1.60. The standard InChI is InChI=1S/C20H15F6I2N3O3/c21-19(22,23)17(11-1-3-12(4-2-11)34-20(24,25)26)31-15(18(33)30-6-5-29)9-10-7-13(27)16(32)14(28)8-10/h1-4,7-8,15,17,31-32H,6,9H2,(H,30,33)/t15-,17-/m0/s1. The van der Waals surface area contributed by atoms with Gasteiger partial charge in [-0.05, 0) is 87.0 Å². The zero-order chi connectivity index (χ0) is 25.7. The molecule has 3 N–H and O–H groups in total. The average molecular weight is 713 g/mol. The van der Waals surface area contributed by atoms with Gasteiger partial charge in [0.1, 0.15) is 24.1 Å². The van der Waals surface area contributed by atoms with Gasteiger partial charge in [0.05, 0.1) is 19.3 Å². The van der Waals surface area contributed by atoms with E-state index >= 15 is 0 Å². The number of aromatic hydroxyl groups is 1. The predicted molar refractivity (Wildman–Crippen MR) is 125 cm³/mol. The minimum Gasteiger partial charge on any atom is -0.506 e. The summed E-state index contributed by atoms with van der Waals surface area (Å²) in [7, 11) is 0. The van der Waals surface area contributed by atoms with Crippen LogP contribution in [0.25, 0.3) is 0 Å². The van der Waals surface area contributed by atoms with Gasteiger partial charge in [-0.25, -0.2) is 0 Å². The number of nitriles is 1. The van der Waals surface area contributed by atoms with Crippen molar-refractivity contribution in [3.63, 3.8) is 0 Å². The molecule has 1 amide bonds. The molecule has 2 aromatic carbocycles. The van der Waals surface area contributed by atoms with Gasteiger partial charge in [0.25, 0.3) is 0 Å². The van der Waals surface area contributed by atoms with Crippen LogP contribution in [0, 0.1) is 18.5 Å². The molecule has 184 valence electrons. The van der Waals surface area contributed by atoms with Crippen LogP contribution in [0.15, 0.2) is 36.4 Å². The van der Waals surface area contributed by atoms with E-state index in [1.54, 1.807) is 6.07 Å². The minimum atomic E-state index is -5.01. The topological polar surface area (TPSA) is 94.4 Å². The van der Waals surface area contributed by atoms with E-state index in [4.69, 9.17) is 5.26 Å². The number of hydrogen-bond donors (Lipinski definition) is 3. The number of phenolic OH excluding ortho intramolecular Hbond substituents is 1. The van der Waals surface area contributed by atoms with E-state index in [0.717, 1.165) is 24.3 Å². The molecule has 0 saturated heterocycles. The minimum absolute atomic E-state index is 0.0160. The second-order valence-electron chi connectivity index (χ2n) is 6.80. The number of nitrogens with zero attached hydrogens (tertiary/aromatic N) is 1. The van der Waals surface area contributed by atoms with Gasteiger partial charge in [-0.1, -0.05) is 12.1 Å². The number of phenols is 1. The Balaban J connectivity index is 2.37. The monoisotopic (exact) mass is 713 g/mol. The van der Waals surface area contributed by atoms with Crippen molar-refractivity contribution in [1.82, 2.24) is 10.6 Å². The smallest absolute Gasteiger partial charge is 0.506 e. The van der Waals surface area contributed by atoms with Gasteiger partial charge in [0, 0.05) is 0 Å². The molecule has 0 heterocycles. The predicted octanol–water partition coefficient (Wildman–Crippen LogP) is 4.94. The number of hydrogen-bond acceptors (Lipinski definition) is 5. The summed E-state index contributed by atoms with van der Waals surface area (Å²) >= 11 is 3.66. The van der Waals surface area contributed by atoms with E-state index in [1.807, 2.05) is 45.2 Å². The fourth-order valence-corrected chi connectivity index (χ4v) is 4.79. The summed E-state index contributed by atoms with van der Waals surface area (Å²) in [6, 6.07) is 3.85. The number of benzene rings is 2. The molecular formula is C20H15F6I2N3O3. The van der Waals surface area contributed by atoms with Crippen molar-refractivity contribution in [3.05, 3.63) is 54.7 Å². The van der Waals surface area contributed by atoms with Crippen LogP contribution in [-0.4, -0.2) is 36.1 Å². The molecule has 0 fully saturated rings. The molecule has 0 bridgehead atoms. The third-order valence-corrected chi connectivity index (χ3v) is 5.96. The first kappa shape index (κ1) is 28.2. The van der Waals surface area contributed by atoms with Crippen molar-refractivity contribution < 1.29 is 41.0 Å². The van der Waals surface area contributed by atoms with Gasteiger partial charge in [-0.15, -0.1) is 13.2 Å². The van der Waals surface area contributed by atoms with E-state index in [9.17, 15) is 36.2 Å². The fraction of sp³-hybridized carbons (Fsp3) is 0.300. The summed E-state index contributed by atoms with van der Waals surface area (Å²) in [4.78, 5) is 12.6. The largest absolute Gasteiger partial charge is 0.573 e. The summed E-state index contributed by atoms with van der Waals surface area (Å²) in [6.45, 7) is -0.443. The molecule has 34 heavy (non-hydrogen) atoms. The van der Waals surface area contributed by atoms with Gasteiger partial charge in [-0.3, -0.25) is 10.1 Å². The zero-order valence-corrected chi connectivity index (χ0v) is 21.1. The highest BCUT2D eigenvalue weighted by Crippen LogP contribution is 2.35. The Morgan fingerprint density at radius 2 is 1.65 bits per heavy atom. The number of alkyl halides is 6. The van der Waals surface area contributed by atoms with Crippen molar-refractivity contribution in [2.75, 3.05) is 6.54 Å². The molecule has 0 aliphatic rings. The number of rotatable bonds is 8. The van der Waals surface area contributed by atoms with Crippen LogP contribution in [0.1, 0.15) is 17.2 Å². The van der Waals surface area contributed by atoms with Crippen LogP contribution in [-0.2, 0) is 11.2 Å². The van der Waals surface area contributed by atoms with Gasteiger partial charge in [0.15, 0.2) is 0 Å². The van der Waals surface area contributed by atoms with Crippen LogP contribution in [0.2, 0.25) is 0 Å². The molecule has 6 nitrogen and oxygen atoms in total. The highest BCUT2D eigenvalue weighted by molar-refractivity contribution is 14.1. The molecule has 2 atom stereocenters. The van der Waals surface area contributed by atoms with Crippen LogP contribution in [0.4, 0.5) is 26.3 Å². The number of carbonyl (C=O) groups excluding carboxylic acids is 1. The molecule has 0 aliphatic carbocycles. The second kappa shape index (κ2) is 11.6. The number of ether oxygens (including phenoxy) is 1. The maximum atomic E-state index is 13.9. The molecule has 0 unspecified atom stereocenters. The van der Waals surface area contributed by atoms with Gasteiger partial charge < -0.3 is 15.2 Å². The Morgan fingerprint density at radius 3 is 2.12 bits per heavy atom. The van der Waals surface area contributed by atoms with Crippen LogP contribution in [0.5, 0.6) is 11.5 Å². The Kier molecular flexibility index (Phi) is 9.65. The number of amides is 1. The molecule has 0 radical (unpaired) electrons. The molecule has 2 rings (SSSR count). The maximum Gasteiger partial charge on any atom is 0.573 e. The molecule has 0 aromatic heterocycles.